The normalized spacial score (nSPS) is 13.1. The molecule has 0 unspecified atom stereocenters. The molecular weight excluding hydrogens is 254 g/mol. The van der Waals surface area contributed by atoms with Crippen molar-refractivity contribution >= 4 is 17.5 Å². The Hall–Kier alpha value is -2.17. The lowest BCUT2D eigenvalue weighted by Gasteiger charge is -2.27. The lowest BCUT2D eigenvalue weighted by atomic mass is 9.84. The Morgan fingerprint density at radius 3 is 1.75 bits per heavy atom. The van der Waals surface area contributed by atoms with Crippen molar-refractivity contribution in [3.8, 4) is 0 Å². The van der Waals surface area contributed by atoms with Gasteiger partial charge in [-0.2, -0.15) is 0 Å². The summed E-state index contributed by atoms with van der Waals surface area (Å²) in [5, 5.41) is 0. The summed E-state index contributed by atoms with van der Waals surface area (Å²) < 4.78 is 0. The van der Waals surface area contributed by atoms with Gasteiger partial charge >= 0.3 is 0 Å². The largest absolute Gasteiger partial charge is 0.367 e. The van der Waals surface area contributed by atoms with Crippen molar-refractivity contribution in [3.05, 3.63) is 35.9 Å². The molecular formula is C15H21N3O2. The second kappa shape index (κ2) is 5.45. The molecule has 0 fully saturated rings. The van der Waals surface area contributed by atoms with Crippen LogP contribution in [0.15, 0.2) is 35.3 Å². The minimum Gasteiger partial charge on any atom is -0.367 e. The second-order valence-corrected chi connectivity index (χ2v) is 5.88. The molecule has 1 aromatic carbocycles. The van der Waals surface area contributed by atoms with Crippen LogP contribution in [0.4, 0.5) is 0 Å². The summed E-state index contributed by atoms with van der Waals surface area (Å²) in [6.07, 6.45) is 0. The van der Waals surface area contributed by atoms with Gasteiger partial charge in [-0.1, -0.05) is 51.1 Å². The standard InChI is InChI=1S/C15H21N3O2/c1-14(2,3)11(10-8-6-5-7-9-10)18-15(4,12(16)19)13(17)20/h5-9H,1-4H3,(H2,16,19)(H2,17,20). The van der Waals surface area contributed by atoms with Crippen LogP contribution >= 0.6 is 0 Å². The number of primary amides is 2. The number of carbonyl (C=O) groups is 2. The fourth-order valence-corrected chi connectivity index (χ4v) is 1.72. The average Bonchev–Trinajstić information content (AvgIpc) is 2.34. The molecule has 0 heterocycles. The maximum absolute atomic E-state index is 11.6. The van der Waals surface area contributed by atoms with E-state index in [0.29, 0.717) is 5.71 Å². The SMILES string of the molecule is CC(C)(C)C(=NC(C)(C(N)=O)C(N)=O)c1ccccc1. The van der Waals surface area contributed by atoms with Crippen LogP contribution in [0.1, 0.15) is 33.3 Å². The molecule has 0 aliphatic heterocycles. The van der Waals surface area contributed by atoms with Gasteiger partial charge in [-0.05, 0) is 12.5 Å². The third-order valence-electron chi connectivity index (χ3n) is 3.05. The quantitative estimate of drug-likeness (QED) is 0.638. The van der Waals surface area contributed by atoms with Crippen molar-refractivity contribution in [2.45, 2.75) is 33.2 Å². The van der Waals surface area contributed by atoms with Crippen molar-refractivity contribution in [2.24, 2.45) is 21.9 Å². The van der Waals surface area contributed by atoms with Crippen LogP contribution in [0.25, 0.3) is 0 Å². The predicted octanol–water partition coefficient (Wildman–Crippen LogP) is 1.25. The summed E-state index contributed by atoms with van der Waals surface area (Å²) in [5.41, 5.74) is 9.91. The first-order valence-corrected chi connectivity index (χ1v) is 6.34. The van der Waals surface area contributed by atoms with Crippen LogP contribution in [-0.4, -0.2) is 23.1 Å². The molecule has 108 valence electrons. The van der Waals surface area contributed by atoms with Gasteiger partial charge in [0, 0.05) is 11.1 Å². The van der Waals surface area contributed by atoms with Crippen LogP contribution in [0, 0.1) is 5.41 Å². The minimum absolute atomic E-state index is 0.368. The highest BCUT2D eigenvalue weighted by molar-refractivity contribution is 6.13. The molecule has 5 heteroatoms. The van der Waals surface area contributed by atoms with Crippen LogP contribution < -0.4 is 11.5 Å². The lowest BCUT2D eigenvalue weighted by molar-refractivity contribution is -0.132. The second-order valence-electron chi connectivity index (χ2n) is 5.88. The molecule has 0 aromatic heterocycles. The molecule has 0 saturated carbocycles. The van der Waals surface area contributed by atoms with Gasteiger partial charge in [0.2, 0.25) is 5.54 Å². The zero-order valence-corrected chi connectivity index (χ0v) is 12.3. The van der Waals surface area contributed by atoms with E-state index < -0.39 is 17.4 Å². The average molecular weight is 275 g/mol. The van der Waals surface area contributed by atoms with Gasteiger partial charge in [0.05, 0.1) is 0 Å². The molecule has 0 spiro atoms. The van der Waals surface area contributed by atoms with Gasteiger partial charge in [0.25, 0.3) is 11.8 Å². The van der Waals surface area contributed by atoms with E-state index in [0.717, 1.165) is 5.56 Å². The molecule has 0 aliphatic rings. The number of rotatable bonds is 4. The maximum atomic E-state index is 11.6. The molecule has 2 amide bonds. The molecule has 0 aliphatic carbocycles. The van der Waals surface area contributed by atoms with Crippen molar-refractivity contribution in [2.75, 3.05) is 0 Å². The fourth-order valence-electron chi connectivity index (χ4n) is 1.72. The first-order valence-electron chi connectivity index (χ1n) is 6.34. The summed E-state index contributed by atoms with van der Waals surface area (Å²) in [6.45, 7) is 7.18. The highest BCUT2D eigenvalue weighted by Gasteiger charge is 2.39. The Bertz CT molecular complexity index is 528. The number of nitrogens with zero attached hydrogens (tertiary/aromatic N) is 1. The van der Waals surface area contributed by atoms with E-state index in [1.807, 2.05) is 51.1 Å². The smallest absolute Gasteiger partial charge is 0.254 e. The number of hydrogen-bond donors (Lipinski definition) is 2. The Morgan fingerprint density at radius 2 is 1.40 bits per heavy atom. The van der Waals surface area contributed by atoms with Crippen molar-refractivity contribution < 1.29 is 9.59 Å². The van der Waals surface area contributed by atoms with Gasteiger partial charge < -0.3 is 11.5 Å². The van der Waals surface area contributed by atoms with Gasteiger partial charge in [0.15, 0.2) is 0 Å². The van der Waals surface area contributed by atoms with Gasteiger partial charge in [-0.3, -0.25) is 14.6 Å². The Kier molecular flexibility index (Phi) is 4.33. The highest BCUT2D eigenvalue weighted by Crippen LogP contribution is 2.25. The molecule has 1 rings (SSSR count). The first-order chi connectivity index (χ1) is 9.09. The maximum Gasteiger partial charge on any atom is 0.254 e. The van der Waals surface area contributed by atoms with E-state index in [2.05, 4.69) is 4.99 Å². The Balaban J connectivity index is 3.50. The third-order valence-corrected chi connectivity index (χ3v) is 3.05. The predicted molar refractivity (Wildman–Crippen MR) is 79.2 cm³/mol. The van der Waals surface area contributed by atoms with Crippen molar-refractivity contribution in [3.63, 3.8) is 0 Å². The Labute approximate surface area is 119 Å². The number of benzene rings is 1. The van der Waals surface area contributed by atoms with Gasteiger partial charge in [-0.15, -0.1) is 0 Å². The number of nitrogens with two attached hydrogens (primary N) is 2. The number of hydrogen-bond acceptors (Lipinski definition) is 3. The monoisotopic (exact) mass is 275 g/mol. The third kappa shape index (κ3) is 3.23. The molecule has 1 aromatic rings. The van der Waals surface area contributed by atoms with E-state index in [1.54, 1.807) is 0 Å². The minimum atomic E-state index is -1.75. The van der Waals surface area contributed by atoms with Gasteiger partial charge in [0.1, 0.15) is 0 Å². The van der Waals surface area contributed by atoms with E-state index >= 15 is 0 Å². The number of carbonyl (C=O) groups excluding carboxylic acids is 2. The molecule has 0 atom stereocenters. The van der Waals surface area contributed by atoms with Crippen LogP contribution in [0.5, 0.6) is 0 Å². The molecule has 20 heavy (non-hydrogen) atoms. The number of aliphatic imine (C=N–C) groups is 1. The van der Waals surface area contributed by atoms with Crippen LogP contribution in [0.3, 0.4) is 0 Å². The topological polar surface area (TPSA) is 98.5 Å². The fraction of sp³-hybridized carbons (Fsp3) is 0.400. The molecule has 0 bridgehead atoms. The summed E-state index contributed by atoms with van der Waals surface area (Å²) >= 11 is 0. The van der Waals surface area contributed by atoms with Crippen LogP contribution in [-0.2, 0) is 9.59 Å². The summed E-state index contributed by atoms with van der Waals surface area (Å²) in [4.78, 5) is 27.5. The van der Waals surface area contributed by atoms with Crippen LogP contribution in [0.2, 0.25) is 0 Å². The molecule has 5 nitrogen and oxygen atoms in total. The molecule has 0 saturated heterocycles. The zero-order valence-electron chi connectivity index (χ0n) is 12.3. The van der Waals surface area contributed by atoms with E-state index in [1.165, 1.54) is 6.92 Å². The first kappa shape index (κ1) is 15.9. The zero-order chi connectivity index (χ0) is 15.6. The highest BCUT2D eigenvalue weighted by atomic mass is 16.2. The van der Waals surface area contributed by atoms with E-state index in [4.69, 9.17) is 11.5 Å². The summed E-state index contributed by atoms with van der Waals surface area (Å²) in [5.74, 6) is -1.72. The van der Waals surface area contributed by atoms with Crippen molar-refractivity contribution in [1.82, 2.24) is 0 Å². The molecule has 4 N–H and O–H groups in total. The Morgan fingerprint density at radius 1 is 0.950 bits per heavy atom. The van der Waals surface area contributed by atoms with Gasteiger partial charge in [-0.25, -0.2) is 0 Å². The van der Waals surface area contributed by atoms with Crippen molar-refractivity contribution in [1.29, 1.82) is 0 Å². The molecule has 0 radical (unpaired) electrons. The van der Waals surface area contributed by atoms with E-state index in [9.17, 15) is 9.59 Å². The summed E-state index contributed by atoms with van der Waals surface area (Å²) in [6, 6.07) is 9.34. The lowest BCUT2D eigenvalue weighted by Crippen LogP contribution is -2.51. The summed E-state index contributed by atoms with van der Waals surface area (Å²) in [7, 11) is 0. The number of amides is 2. The van der Waals surface area contributed by atoms with E-state index in [-0.39, 0.29) is 5.41 Å².